The van der Waals surface area contributed by atoms with Crippen LogP contribution in [0.2, 0.25) is 0 Å². The highest BCUT2D eigenvalue weighted by Crippen LogP contribution is 2.20. The first-order valence-electron chi connectivity index (χ1n) is 6.90. The molecule has 3 rings (SSSR count). The summed E-state index contributed by atoms with van der Waals surface area (Å²) in [5, 5.41) is 4.27. The molecule has 1 aromatic carbocycles. The van der Waals surface area contributed by atoms with E-state index in [-0.39, 0.29) is 0 Å². The lowest BCUT2D eigenvalue weighted by Gasteiger charge is -2.29. The number of H-pyrrole nitrogens is 1. The Bertz CT molecular complexity index is 818. The van der Waals surface area contributed by atoms with Crippen molar-refractivity contribution in [3.63, 3.8) is 0 Å². The highest BCUT2D eigenvalue weighted by Gasteiger charge is 2.32. The SMILES string of the molecule is Cc1ccccc1S(=O)(=O)N1CCN([n+]2cc(=O)o[nH]2)CC1. The molecular formula is C13H17N4O4S+. The van der Waals surface area contributed by atoms with Crippen LogP contribution in [0.15, 0.2) is 44.7 Å². The summed E-state index contributed by atoms with van der Waals surface area (Å²) in [5.74, 6) is 0. The Balaban J connectivity index is 1.76. The van der Waals surface area contributed by atoms with Gasteiger partial charge in [-0.3, -0.25) is 4.52 Å². The van der Waals surface area contributed by atoms with Crippen LogP contribution in [-0.4, -0.2) is 44.2 Å². The fourth-order valence-corrected chi connectivity index (χ4v) is 4.15. The van der Waals surface area contributed by atoms with E-state index < -0.39 is 15.6 Å². The monoisotopic (exact) mass is 325 g/mol. The molecule has 1 saturated heterocycles. The average molecular weight is 325 g/mol. The number of sulfonamides is 1. The molecule has 0 atom stereocenters. The summed E-state index contributed by atoms with van der Waals surface area (Å²) >= 11 is 0. The molecule has 0 aliphatic carbocycles. The van der Waals surface area contributed by atoms with Crippen LogP contribution in [0.3, 0.4) is 0 Å². The van der Waals surface area contributed by atoms with Crippen LogP contribution < -0.4 is 15.4 Å². The number of aromatic nitrogens is 2. The van der Waals surface area contributed by atoms with Crippen LogP contribution in [0, 0.1) is 6.92 Å². The van der Waals surface area contributed by atoms with Gasteiger partial charge in [-0.05, 0) is 18.6 Å². The topological polar surface area (TPSA) is 90.5 Å². The number of nitrogens with one attached hydrogen (secondary N) is 1. The van der Waals surface area contributed by atoms with Gasteiger partial charge in [-0.1, -0.05) is 18.2 Å². The molecule has 118 valence electrons. The van der Waals surface area contributed by atoms with Crippen LogP contribution in [0.5, 0.6) is 0 Å². The minimum Gasteiger partial charge on any atom is -0.281 e. The van der Waals surface area contributed by atoms with Gasteiger partial charge in [-0.25, -0.2) is 13.2 Å². The van der Waals surface area contributed by atoms with Crippen molar-refractivity contribution in [3.8, 4) is 0 Å². The molecule has 1 aliphatic heterocycles. The summed E-state index contributed by atoms with van der Waals surface area (Å²) in [6, 6.07) is 6.95. The fraction of sp³-hybridized carbons (Fsp3) is 0.385. The van der Waals surface area contributed by atoms with Gasteiger partial charge < -0.3 is 0 Å². The first-order chi connectivity index (χ1) is 10.5. The molecule has 9 heteroatoms. The zero-order valence-electron chi connectivity index (χ0n) is 12.1. The minimum atomic E-state index is -3.49. The fourth-order valence-electron chi connectivity index (χ4n) is 2.50. The van der Waals surface area contributed by atoms with Crippen LogP contribution >= 0.6 is 0 Å². The molecule has 0 unspecified atom stereocenters. The van der Waals surface area contributed by atoms with Crippen LogP contribution in [0.1, 0.15) is 5.56 Å². The highest BCUT2D eigenvalue weighted by atomic mass is 32.2. The first-order valence-corrected chi connectivity index (χ1v) is 8.34. The maximum absolute atomic E-state index is 12.7. The Kier molecular flexibility index (Phi) is 3.75. The van der Waals surface area contributed by atoms with Crippen molar-refractivity contribution in [2.75, 3.05) is 31.2 Å². The molecule has 1 aliphatic rings. The largest absolute Gasteiger partial charge is 0.430 e. The van der Waals surface area contributed by atoms with Gasteiger partial charge in [0.25, 0.3) is 0 Å². The molecule has 8 nitrogen and oxygen atoms in total. The molecule has 1 fully saturated rings. The van der Waals surface area contributed by atoms with Crippen molar-refractivity contribution in [3.05, 3.63) is 46.4 Å². The Morgan fingerprint density at radius 3 is 2.45 bits per heavy atom. The molecule has 1 N–H and O–H groups in total. The molecule has 2 heterocycles. The summed E-state index contributed by atoms with van der Waals surface area (Å²) in [6.07, 6.45) is 1.28. The predicted octanol–water partition coefficient (Wildman–Crippen LogP) is -0.794. The summed E-state index contributed by atoms with van der Waals surface area (Å²) in [5.41, 5.74) is 0.258. The number of aromatic amines is 1. The van der Waals surface area contributed by atoms with Gasteiger partial charge >= 0.3 is 11.8 Å². The summed E-state index contributed by atoms with van der Waals surface area (Å²) in [6.45, 7) is 3.40. The van der Waals surface area contributed by atoms with E-state index in [4.69, 9.17) is 0 Å². The smallest absolute Gasteiger partial charge is 0.281 e. The molecular weight excluding hydrogens is 308 g/mol. The van der Waals surface area contributed by atoms with Gasteiger partial charge in [-0.2, -0.15) is 9.31 Å². The molecule has 22 heavy (non-hydrogen) atoms. The van der Waals surface area contributed by atoms with Gasteiger partial charge in [0.15, 0.2) is 0 Å². The number of piperazine rings is 1. The molecule has 1 aromatic heterocycles. The minimum absolute atomic E-state index is 0.341. The third-order valence-electron chi connectivity index (χ3n) is 3.70. The van der Waals surface area contributed by atoms with E-state index in [1.807, 2.05) is 11.1 Å². The normalized spacial score (nSPS) is 16.9. The van der Waals surface area contributed by atoms with Crippen molar-refractivity contribution in [2.45, 2.75) is 11.8 Å². The molecule has 0 amide bonds. The van der Waals surface area contributed by atoms with E-state index in [0.717, 1.165) is 5.56 Å². The van der Waals surface area contributed by atoms with E-state index >= 15 is 0 Å². The second-order valence-corrected chi connectivity index (χ2v) is 7.02. The van der Waals surface area contributed by atoms with Crippen molar-refractivity contribution < 1.29 is 17.7 Å². The Hall–Kier alpha value is -2.13. The van der Waals surface area contributed by atoms with E-state index in [9.17, 15) is 13.2 Å². The van der Waals surface area contributed by atoms with Crippen LogP contribution in [-0.2, 0) is 10.0 Å². The number of aryl methyl sites for hydroxylation is 1. The van der Waals surface area contributed by atoms with Crippen LogP contribution in [0.4, 0.5) is 0 Å². The standard InChI is InChI=1S/C13H16N4O4S/c1-11-4-2-3-5-12(11)22(19,20)16-8-6-15(7-9-16)17-10-13(18)21-14-17/h2-5,10H,6-9H2,1H3/p+1. The third kappa shape index (κ3) is 2.64. The second-order valence-electron chi connectivity index (χ2n) is 5.11. The molecule has 0 saturated carbocycles. The zero-order chi connectivity index (χ0) is 15.7. The highest BCUT2D eigenvalue weighted by molar-refractivity contribution is 7.89. The Labute approximate surface area is 127 Å². The van der Waals surface area contributed by atoms with E-state index in [1.54, 1.807) is 25.1 Å². The molecule has 0 spiro atoms. The predicted molar refractivity (Wildman–Crippen MR) is 77.4 cm³/mol. The molecule has 0 bridgehead atoms. The number of nitrogens with zero attached hydrogens (tertiary/aromatic N) is 3. The van der Waals surface area contributed by atoms with Gasteiger partial charge in [-0.15, -0.1) is 0 Å². The van der Waals surface area contributed by atoms with Gasteiger partial charge in [0.1, 0.15) is 0 Å². The van der Waals surface area contributed by atoms with Crippen molar-refractivity contribution >= 4 is 10.0 Å². The average Bonchev–Trinajstić information content (AvgIpc) is 2.94. The lowest BCUT2D eigenvalue weighted by molar-refractivity contribution is -0.759. The summed E-state index contributed by atoms with van der Waals surface area (Å²) in [7, 11) is -3.49. The lowest BCUT2D eigenvalue weighted by Crippen LogP contribution is -2.66. The summed E-state index contributed by atoms with van der Waals surface area (Å²) < 4.78 is 31.4. The lowest BCUT2D eigenvalue weighted by atomic mass is 10.2. The second kappa shape index (κ2) is 5.58. The number of benzene rings is 1. The number of rotatable bonds is 3. The van der Waals surface area contributed by atoms with E-state index in [0.29, 0.717) is 31.1 Å². The Morgan fingerprint density at radius 2 is 1.86 bits per heavy atom. The van der Waals surface area contributed by atoms with Gasteiger partial charge in [0.05, 0.1) is 18.0 Å². The zero-order valence-corrected chi connectivity index (χ0v) is 12.9. The maximum atomic E-state index is 12.7. The molecule has 2 aromatic rings. The van der Waals surface area contributed by atoms with Gasteiger partial charge in [0.2, 0.25) is 10.0 Å². The number of hydrogen-bond acceptors (Lipinski definition) is 5. The van der Waals surface area contributed by atoms with Crippen molar-refractivity contribution in [1.29, 1.82) is 0 Å². The summed E-state index contributed by atoms with van der Waals surface area (Å²) in [4.78, 5) is 12.8. The van der Waals surface area contributed by atoms with Crippen molar-refractivity contribution in [1.82, 2.24) is 9.58 Å². The van der Waals surface area contributed by atoms with Crippen molar-refractivity contribution in [2.24, 2.45) is 0 Å². The molecule has 0 radical (unpaired) electrons. The van der Waals surface area contributed by atoms with Crippen LogP contribution in [0.25, 0.3) is 0 Å². The first kappa shape index (κ1) is 14.8. The van der Waals surface area contributed by atoms with E-state index in [1.165, 1.54) is 15.3 Å². The maximum Gasteiger partial charge on any atom is 0.430 e. The van der Waals surface area contributed by atoms with E-state index in [2.05, 4.69) is 9.79 Å². The Morgan fingerprint density at radius 1 is 1.18 bits per heavy atom. The number of hydrogen-bond donors (Lipinski definition) is 1. The van der Waals surface area contributed by atoms with Gasteiger partial charge in [0, 0.05) is 23.2 Å². The third-order valence-corrected chi connectivity index (χ3v) is 5.76. The quantitative estimate of drug-likeness (QED) is 0.747.